The molecule has 1 fully saturated rings. The molecular formula is C13H12F3N3O. The Hall–Kier alpha value is -1.89. The molecule has 1 aliphatic heterocycles. The summed E-state index contributed by atoms with van der Waals surface area (Å²) in [6, 6.07) is 1.68. The van der Waals surface area contributed by atoms with Crippen molar-refractivity contribution in [1.29, 1.82) is 0 Å². The summed E-state index contributed by atoms with van der Waals surface area (Å²) in [4.78, 5) is 4.14. The third-order valence-corrected chi connectivity index (χ3v) is 3.33. The molecule has 3 rings (SSSR count). The van der Waals surface area contributed by atoms with Crippen molar-refractivity contribution in [1.82, 2.24) is 15.5 Å². The third-order valence-electron chi connectivity index (χ3n) is 3.33. The summed E-state index contributed by atoms with van der Waals surface area (Å²) in [5, 5.41) is 7.05. The first kappa shape index (κ1) is 13.1. The van der Waals surface area contributed by atoms with Crippen molar-refractivity contribution in [3.63, 3.8) is 0 Å². The van der Waals surface area contributed by atoms with Crippen LogP contribution in [0.25, 0.3) is 11.5 Å². The van der Waals surface area contributed by atoms with E-state index in [9.17, 15) is 13.2 Å². The van der Waals surface area contributed by atoms with E-state index >= 15 is 0 Å². The van der Waals surface area contributed by atoms with E-state index in [0.29, 0.717) is 5.82 Å². The molecule has 1 aliphatic rings. The lowest BCUT2D eigenvalue weighted by atomic mass is 9.99. The minimum Gasteiger partial charge on any atom is -0.334 e. The second-order valence-corrected chi connectivity index (χ2v) is 4.75. The van der Waals surface area contributed by atoms with Crippen molar-refractivity contribution in [2.24, 2.45) is 0 Å². The van der Waals surface area contributed by atoms with E-state index < -0.39 is 17.5 Å². The van der Waals surface area contributed by atoms with Crippen LogP contribution in [0.2, 0.25) is 0 Å². The fraction of sp³-hybridized carbons (Fsp3) is 0.385. The van der Waals surface area contributed by atoms with Gasteiger partial charge in [-0.3, -0.25) is 0 Å². The number of nitrogens with zero attached hydrogens (tertiary/aromatic N) is 2. The van der Waals surface area contributed by atoms with E-state index in [-0.39, 0.29) is 17.4 Å². The smallest absolute Gasteiger partial charge is 0.258 e. The van der Waals surface area contributed by atoms with E-state index in [2.05, 4.69) is 15.5 Å². The van der Waals surface area contributed by atoms with Gasteiger partial charge in [-0.15, -0.1) is 0 Å². The van der Waals surface area contributed by atoms with Crippen LogP contribution < -0.4 is 5.32 Å². The van der Waals surface area contributed by atoms with Crippen molar-refractivity contribution in [3.05, 3.63) is 35.4 Å². The highest BCUT2D eigenvalue weighted by molar-refractivity contribution is 5.53. The Morgan fingerprint density at radius 3 is 2.60 bits per heavy atom. The summed E-state index contributed by atoms with van der Waals surface area (Å²) in [6.07, 6.45) is 1.94. The normalized spacial score (nSPS) is 19.2. The van der Waals surface area contributed by atoms with Gasteiger partial charge in [0.1, 0.15) is 0 Å². The fourth-order valence-electron chi connectivity index (χ4n) is 2.27. The molecule has 1 saturated heterocycles. The van der Waals surface area contributed by atoms with Gasteiger partial charge in [-0.05, 0) is 31.5 Å². The van der Waals surface area contributed by atoms with Crippen LogP contribution in [0, 0.1) is 17.5 Å². The third kappa shape index (κ3) is 2.40. The van der Waals surface area contributed by atoms with E-state index in [0.717, 1.165) is 38.1 Å². The number of hydrogen-bond donors (Lipinski definition) is 1. The van der Waals surface area contributed by atoms with Gasteiger partial charge in [0.25, 0.3) is 5.89 Å². The first-order chi connectivity index (χ1) is 9.65. The zero-order valence-electron chi connectivity index (χ0n) is 10.5. The second-order valence-electron chi connectivity index (χ2n) is 4.75. The zero-order chi connectivity index (χ0) is 14.1. The van der Waals surface area contributed by atoms with Gasteiger partial charge in [-0.25, -0.2) is 13.2 Å². The van der Waals surface area contributed by atoms with Crippen LogP contribution in [0.5, 0.6) is 0 Å². The number of benzene rings is 1. The number of aromatic nitrogens is 2. The molecule has 0 spiro atoms. The highest BCUT2D eigenvalue weighted by atomic mass is 19.2. The lowest BCUT2D eigenvalue weighted by molar-refractivity contribution is 0.392. The van der Waals surface area contributed by atoms with Crippen LogP contribution in [0.15, 0.2) is 16.7 Å². The Balaban J connectivity index is 1.89. The molecule has 2 heterocycles. The SMILES string of the molecule is Fc1cc(-c2nc(C3CCCNC3)no2)cc(F)c1F. The second kappa shape index (κ2) is 5.24. The summed E-state index contributed by atoms with van der Waals surface area (Å²) in [7, 11) is 0. The number of halogens is 3. The lowest BCUT2D eigenvalue weighted by Gasteiger charge is -2.19. The van der Waals surface area contributed by atoms with Gasteiger partial charge in [0.15, 0.2) is 23.3 Å². The van der Waals surface area contributed by atoms with E-state index in [1.807, 2.05) is 0 Å². The Kier molecular flexibility index (Phi) is 3.43. The van der Waals surface area contributed by atoms with Crippen molar-refractivity contribution in [3.8, 4) is 11.5 Å². The van der Waals surface area contributed by atoms with Gasteiger partial charge in [0.2, 0.25) is 0 Å². The molecule has 0 radical (unpaired) electrons. The molecule has 1 aromatic heterocycles. The Morgan fingerprint density at radius 1 is 1.20 bits per heavy atom. The molecular weight excluding hydrogens is 271 g/mol. The van der Waals surface area contributed by atoms with Crippen LogP contribution in [-0.4, -0.2) is 23.2 Å². The molecule has 0 amide bonds. The van der Waals surface area contributed by atoms with Crippen LogP contribution in [0.3, 0.4) is 0 Å². The highest BCUT2D eigenvalue weighted by Crippen LogP contribution is 2.26. The van der Waals surface area contributed by atoms with Crippen LogP contribution in [-0.2, 0) is 0 Å². The maximum atomic E-state index is 13.2. The molecule has 1 atom stereocenters. The summed E-state index contributed by atoms with van der Waals surface area (Å²) >= 11 is 0. The molecule has 1 unspecified atom stereocenters. The first-order valence-electron chi connectivity index (χ1n) is 6.34. The van der Waals surface area contributed by atoms with Crippen LogP contribution >= 0.6 is 0 Å². The minimum absolute atomic E-state index is 0.0108. The maximum Gasteiger partial charge on any atom is 0.258 e. The van der Waals surface area contributed by atoms with Crippen LogP contribution in [0.4, 0.5) is 13.2 Å². The Bertz CT molecular complexity index is 600. The molecule has 0 saturated carbocycles. The van der Waals surface area contributed by atoms with Crippen LogP contribution in [0.1, 0.15) is 24.6 Å². The monoisotopic (exact) mass is 283 g/mol. The largest absolute Gasteiger partial charge is 0.334 e. The molecule has 0 aliphatic carbocycles. The topological polar surface area (TPSA) is 51.0 Å². The van der Waals surface area contributed by atoms with E-state index in [1.54, 1.807) is 0 Å². The van der Waals surface area contributed by atoms with Crippen molar-refractivity contribution < 1.29 is 17.7 Å². The lowest BCUT2D eigenvalue weighted by Crippen LogP contribution is -2.28. The van der Waals surface area contributed by atoms with Crippen molar-refractivity contribution in [2.45, 2.75) is 18.8 Å². The zero-order valence-corrected chi connectivity index (χ0v) is 10.5. The maximum absolute atomic E-state index is 13.2. The van der Waals surface area contributed by atoms with Crippen molar-refractivity contribution in [2.75, 3.05) is 13.1 Å². The van der Waals surface area contributed by atoms with Gasteiger partial charge in [-0.2, -0.15) is 4.98 Å². The quantitative estimate of drug-likeness (QED) is 0.861. The number of nitrogens with one attached hydrogen (secondary N) is 1. The summed E-state index contributed by atoms with van der Waals surface area (Å²) in [5.74, 6) is -3.46. The number of piperidine rings is 1. The average molecular weight is 283 g/mol. The molecule has 7 heteroatoms. The first-order valence-corrected chi connectivity index (χ1v) is 6.34. The fourth-order valence-corrected chi connectivity index (χ4v) is 2.27. The minimum atomic E-state index is -1.51. The summed E-state index contributed by atoms with van der Waals surface area (Å²) in [6.45, 7) is 1.70. The summed E-state index contributed by atoms with van der Waals surface area (Å²) < 4.78 is 44.3. The van der Waals surface area contributed by atoms with Gasteiger partial charge in [0.05, 0.1) is 0 Å². The molecule has 106 valence electrons. The van der Waals surface area contributed by atoms with Gasteiger partial charge in [-0.1, -0.05) is 5.16 Å². The van der Waals surface area contributed by atoms with Crippen molar-refractivity contribution >= 4 is 0 Å². The highest BCUT2D eigenvalue weighted by Gasteiger charge is 2.22. The Labute approximate surface area is 113 Å². The predicted octanol–water partition coefficient (Wildman–Crippen LogP) is 2.62. The predicted molar refractivity (Wildman–Crippen MR) is 64.5 cm³/mol. The molecule has 1 aromatic carbocycles. The van der Waals surface area contributed by atoms with E-state index in [4.69, 9.17) is 4.52 Å². The van der Waals surface area contributed by atoms with Gasteiger partial charge < -0.3 is 9.84 Å². The van der Waals surface area contributed by atoms with Gasteiger partial charge >= 0.3 is 0 Å². The summed E-state index contributed by atoms with van der Waals surface area (Å²) in [5.41, 5.74) is 0.0314. The molecule has 4 nitrogen and oxygen atoms in total. The molecule has 0 bridgehead atoms. The molecule has 20 heavy (non-hydrogen) atoms. The average Bonchev–Trinajstić information content (AvgIpc) is 2.95. The number of hydrogen-bond acceptors (Lipinski definition) is 4. The van der Waals surface area contributed by atoms with E-state index in [1.165, 1.54) is 0 Å². The molecule has 2 aromatic rings. The standard InChI is InChI=1S/C13H12F3N3O/c14-9-4-8(5-10(15)11(9)16)13-18-12(19-20-13)7-2-1-3-17-6-7/h4-5,7,17H,1-3,6H2. The Morgan fingerprint density at radius 2 is 1.95 bits per heavy atom. The van der Waals surface area contributed by atoms with Gasteiger partial charge in [0, 0.05) is 18.0 Å². The molecule has 1 N–H and O–H groups in total. The number of rotatable bonds is 2.